The van der Waals surface area contributed by atoms with Gasteiger partial charge < -0.3 is 9.47 Å². The number of aryl methyl sites for hydroxylation is 2. The van der Waals surface area contributed by atoms with Crippen molar-refractivity contribution in [1.29, 1.82) is 0 Å². The van der Waals surface area contributed by atoms with Crippen LogP contribution in [0.25, 0.3) is 22.3 Å². The number of ketones is 2. The first-order chi connectivity index (χ1) is 23.5. The number of aromatic amines is 1. The number of halogens is 3. The Morgan fingerprint density at radius 3 is 1.59 bits per heavy atom. The summed E-state index contributed by atoms with van der Waals surface area (Å²) in [7, 11) is 0.730. The molecule has 0 unspecified atom stereocenters. The van der Waals surface area contributed by atoms with E-state index in [4.69, 9.17) is 21.1 Å². The largest absolute Gasteiger partial charge is 0.361 e. The van der Waals surface area contributed by atoms with Crippen LogP contribution in [0.3, 0.4) is 0 Å². The Balaban J connectivity index is 0.000000316. The van der Waals surface area contributed by atoms with Gasteiger partial charge in [-0.1, -0.05) is 39.3 Å². The van der Waals surface area contributed by atoms with Crippen molar-refractivity contribution in [2.75, 3.05) is 19.1 Å². The summed E-state index contributed by atoms with van der Waals surface area (Å²) in [5, 5.41) is 0. The molecule has 0 aliphatic heterocycles. The Morgan fingerprint density at radius 1 is 0.745 bits per heavy atom. The number of carbonyl (C=O) groups is 2. The van der Waals surface area contributed by atoms with Gasteiger partial charge in [0.15, 0.2) is 31.8 Å². The highest BCUT2D eigenvalue weighted by molar-refractivity contribution is 9.10. The van der Waals surface area contributed by atoms with Crippen molar-refractivity contribution in [1.82, 2.24) is 37.8 Å². The minimum atomic E-state index is -1.21. The molecule has 0 aliphatic carbocycles. The molecule has 0 fully saturated rings. The highest BCUT2D eigenvalue weighted by Gasteiger charge is 2.21. The lowest BCUT2D eigenvalue weighted by molar-refractivity contribution is -0.117. The van der Waals surface area contributed by atoms with E-state index in [1.807, 2.05) is 0 Å². The lowest BCUT2D eigenvalue weighted by Gasteiger charge is -2.16. The Morgan fingerprint density at radius 2 is 1.18 bits per heavy atom. The predicted molar refractivity (Wildman–Crippen MR) is 211 cm³/mol. The van der Waals surface area contributed by atoms with E-state index in [-0.39, 0.29) is 48.6 Å². The van der Waals surface area contributed by atoms with E-state index in [1.54, 1.807) is 16.2 Å². The fourth-order valence-corrected chi connectivity index (χ4v) is 6.63. The van der Waals surface area contributed by atoms with Gasteiger partial charge in [0.2, 0.25) is 0 Å². The van der Waals surface area contributed by atoms with Crippen LogP contribution in [0.15, 0.2) is 28.6 Å². The summed E-state index contributed by atoms with van der Waals surface area (Å²) in [5.74, 6) is -0.110. The first-order valence-corrected chi connectivity index (χ1v) is 25.4. The molecule has 4 aromatic rings. The third kappa shape index (κ3) is 12.7. The second-order valence-electron chi connectivity index (χ2n) is 14.2. The summed E-state index contributed by atoms with van der Waals surface area (Å²) < 4.78 is 18.9. The lowest BCUT2D eigenvalue weighted by atomic mass is 10.4. The number of nitrogens with zero attached hydrogens (tertiary/aromatic N) is 7. The smallest absolute Gasteiger partial charge is 0.332 e. The van der Waals surface area contributed by atoms with Gasteiger partial charge in [0.25, 0.3) is 11.1 Å². The standard InChI is InChI=1S/C15H23BrN4O4Si.C12H19BrN4O3Si.C3H5ClO/c1-10(21)8-19-13(22)11-12(18(2)15(19)23)17-14(16)20(11)9-24-6-7-25(3,4)5;1-16-9-8(10(18)15-12(16)19)17(11(13)14-9)7-20-5-6-21(2,3)4;1-3(5)2-4/h6-9H2,1-5H3;5-7H2,1-4H3,(H,15,18,19);2H2,1H3. The summed E-state index contributed by atoms with van der Waals surface area (Å²) in [6, 6.07) is 2.05. The summed E-state index contributed by atoms with van der Waals surface area (Å²) in [6.45, 7) is 17.7. The molecule has 16 nitrogen and oxygen atoms in total. The molecule has 4 heterocycles. The Labute approximate surface area is 318 Å². The normalized spacial score (nSPS) is 11.7. The zero-order valence-electron chi connectivity index (χ0n) is 30.7. The van der Waals surface area contributed by atoms with Gasteiger partial charge in [-0.05, 0) is 57.8 Å². The minimum absolute atomic E-state index is 0.0201. The number of aromatic nitrogens is 8. The zero-order chi connectivity index (χ0) is 39.0. The van der Waals surface area contributed by atoms with Crippen LogP contribution in [-0.2, 0) is 53.2 Å². The van der Waals surface area contributed by atoms with Crippen molar-refractivity contribution in [2.45, 2.75) is 85.2 Å². The molecule has 1 N–H and O–H groups in total. The van der Waals surface area contributed by atoms with Gasteiger partial charge in [0.1, 0.15) is 25.0 Å². The number of ether oxygens (including phenoxy) is 2. The second kappa shape index (κ2) is 18.8. The lowest BCUT2D eigenvalue weighted by Crippen LogP contribution is -2.41. The molecule has 0 saturated heterocycles. The van der Waals surface area contributed by atoms with E-state index >= 15 is 0 Å². The second-order valence-corrected chi connectivity index (χ2v) is 27.2. The number of fused-ring (bicyclic) bond motifs is 2. The van der Waals surface area contributed by atoms with Gasteiger partial charge in [-0.15, -0.1) is 11.6 Å². The fourth-order valence-electron chi connectivity index (χ4n) is 4.22. The number of imidazole rings is 2. The van der Waals surface area contributed by atoms with E-state index in [1.165, 1.54) is 30.0 Å². The molecule has 21 heteroatoms. The number of H-pyrrole nitrogens is 1. The van der Waals surface area contributed by atoms with Crippen LogP contribution in [0.1, 0.15) is 13.8 Å². The van der Waals surface area contributed by atoms with Crippen molar-refractivity contribution >= 4 is 93.5 Å². The fraction of sp³-hybridized carbons (Fsp3) is 0.600. The summed E-state index contributed by atoms with van der Waals surface area (Å²) in [6.07, 6.45) is 0. The Bertz CT molecular complexity index is 2110. The number of hydrogen-bond acceptors (Lipinski definition) is 10. The van der Waals surface area contributed by atoms with E-state index in [0.29, 0.717) is 33.8 Å². The van der Waals surface area contributed by atoms with Gasteiger partial charge in [0, 0.05) is 43.5 Å². The average molecular weight is 899 g/mol. The van der Waals surface area contributed by atoms with Crippen molar-refractivity contribution in [3.05, 3.63) is 51.1 Å². The van der Waals surface area contributed by atoms with Crippen LogP contribution >= 0.6 is 43.5 Å². The number of hydrogen-bond donors (Lipinski definition) is 1. The minimum Gasteiger partial charge on any atom is -0.361 e. The number of carbonyl (C=O) groups excluding carboxylic acids is 2. The maximum absolute atomic E-state index is 12.7. The van der Waals surface area contributed by atoms with E-state index in [9.17, 15) is 28.8 Å². The molecule has 0 radical (unpaired) electrons. The van der Waals surface area contributed by atoms with E-state index in [0.717, 1.165) is 16.7 Å². The highest BCUT2D eigenvalue weighted by atomic mass is 79.9. The topological polar surface area (TPSA) is 187 Å². The molecule has 0 atom stereocenters. The van der Waals surface area contributed by atoms with Crippen molar-refractivity contribution in [3.8, 4) is 0 Å². The van der Waals surface area contributed by atoms with E-state index in [2.05, 4.69) is 86.1 Å². The first-order valence-electron chi connectivity index (χ1n) is 15.9. The molecule has 0 spiro atoms. The monoisotopic (exact) mass is 896 g/mol. The van der Waals surface area contributed by atoms with Crippen LogP contribution in [0.2, 0.25) is 51.4 Å². The van der Waals surface area contributed by atoms with Crippen LogP contribution in [0.5, 0.6) is 0 Å². The van der Waals surface area contributed by atoms with Gasteiger partial charge >= 0.3 is 11.4 Å². The quantitative estimate of drug-likeness (QED) is 0.0894. The molecule has 4 aromatic heterocycles. The first kappa shape index (κ1) is 44.4. The maximum atomic E-state index is 12.7. The van der Waals surface area contributed by atoms with Gasteiger partial charge in [-0.25, -0.2) is 19.6 Å². The third-order valence-electron chi connectivity index (χ3n) is 7.15. The number of nitrogens with one attached hydrogen (secondary N) is 1. The van der Waals surface area contributed by atoms with Crippen LogP contribution in [0, 0.1) is 0 Å². The molecular weight excluding hydrogens is 852 g/mol. The van der Waals surface area contributed by atoms with Crippen LogP contribution in [0.4, 0.5) is 0 Å². The molecular formula is C30H47Br2ClN8O8Si2. The van der Waals surface area contributed by atoms with Crippen molar-refractivity contribution in [2.24, 2.45) is 14.1 Å². The summed E-state index contributed by atoms with van der Waals surface area (Å²) in [5.41, 5.74) is -0.880. The van der Waals surface area contributed by atoms with E-state index < -0.39 is 38.6 Å². The third-order valence-corrected chi connectivity index (χ3v) is 12.1. The molecule has 0 saturated carbocycles. The molecule has 0 aliphatic rings. The zero-order valence-corrected chi connectivity index (χ0v) is 36.6. The SMILES string of the molecule is CC(=O)CCl.CC(=O)Cn1c(=O)c2c(nc(Br)n2COCC[Si](C)(C)C)n(C)c1=O.Cn1c(=O)[nH]c(=O)c2c1nc(Br)n2COCC[Si](C)(C)C. The Hall–Kier alpha value is -2.76. The maximum Gasteiger partial charge on any atom is 0.332 e. The Kier molecular flexibility index (Phi) is 16.4. The number of alkyl halides is 1. The molecule has 284 valence electrons. The van der Waals surface area contributed by atoms with Gasteiger partial charge in [0.05, 0.1) is 12.4 Å². The van der Waals surface area contributed by atoms with Crippen LogP contribution in [-0.4, -0.2) is 84.6 Å². The molecule has 0 aromatic carbocycles. The van der Waals surface area contributed by atoms with Crippen molar-refractivity contribution < 1.29 is 19.1 Å². The van der Waals surface area contributed by atoms with Gasteiger partial charge in [-0.3, -0.25) is 47.0 Å². The predicted octanol–water partition coefficient (Wildman–Crippen LogP) is 3.87. The summed E-state index contributed by atoms with van der Waals surface area (Å²) >= 11 is 11.6. The van der Waals surface area contributed by atoms with Gasteiger partial charge in [-0.2, -0.15) is 0 Å². The van der Waals surface area contributed by atoms with Crippen molar-refractivity contribution in [3.63, 3.8) is 0 Å². The average Bonchev–Trinajstić information content (AvgIpc) is 3.53. The number of Topliss-reactive ketones (excluding diaryl/α,β-unsaturated/α-hetero) is 2. The molecule has 51 heavy (non-hydrogen) atoms. The summed E-state index contributed by atoms with van der Waals surface area (Å²) in [4.78, 5) is 80.4. The van der Waals surface area contributed by atoms with Crippen LogP contribution < -0.4 is 22.5 Å². The molecule has 4 rings (SSSR count). The molecule has 0 amide bonds. The molecule has 0 bridgehead atoms. The highest BCUT2D eigenvalue weighted by Crippen LogP contribution is 2.18. The number of rotatable bonds is 13.